The van der Waals surface area contributed by atoms with E-state index in [0.29, 0.717) is 19.6 Å². The quantitative estimate of drug-likeness (QED) is 0.507. The monoisotopic (exact) mass is 404 g/mol. The lowest BCUT2D eigenvalue weighted by atomic mass is 10.1. The lowest BCUT2D eigenvalue weighted by Crippen LogP contribution is -1.97. The summed E-state index contributed by atoms with van der Waals surface area (Å²) in [5.74, 6) is -0.438. The maximum atomic E-state index is 14.4. The summed E-state index contributed by atoms with van der Waals surface area (Å²) in [4.78, 5) is 0. The fourth-order valence-corrected chi connectivity index (χ4v) is 3.92. The topological polar surface area (TPSA) is 9.23 Å². The lowest BCUT2D eigenvalue weighted by Gasteiger charge is -2.05. The number of thiophene rings is 1. The molecule has 0 spiro atoms. The molecule has 3 rings (SSSR count). The summed E-state index contributed by atoms with van der Waals surface area (Å²) >= 11 is 3.09. The molecule has 1 heterocycles. The van der Waals surface area contributed by atoms with Gasteiger partial charge >= 0.3 is 0 Å². The van der Waals surface area contributed by atoms with Crippen molar-refractivity contribution in [3.8, 4) is 5.75 Å². The Bertz CT molecular complexity index is 798. The van der Waals surface area contributed by atoms with E-state index in [1.165, 1.54) is 0 Å². The second-order valence-corrected chi connectivity index (χ2v) is 6.63. The molecule has 0 amide bonds. The van der Waals surface area contributed by atoms with Crippen molar-refractivity contribution >= 4 is 54.1 Å². The van der Waals surface area contributed by atoms with Crippen LogP contribution in [0.4, 0.5) is 8.78 Å². The van der Waals surface area contributed by atoms with E-state index in [4.69, 9.17) is 4.74 Å². The maximum Gasteiger partial charge on any atom is 0.182 e. The molecule has 1 nitrogen and oxygen atoms in total. The highest BCUT2D eigenvalue weighted by atomic mass is 127. The van der Waals surface area contributed by atoms with E-state index < -0.39 is 5.82 Å². The van der Waals surface area contributed by atoms with E-state index in [2.05, 4.69) is 0 Å². The van der Waals surface area contributed by atoms with Crippen molar-refractivity contribution < 1.29 is 13.5 Å². The van der Waals surface area contributed by atoms with Crippen LogP contribution in [0.5, 0.6) is 5.75 Å². The molecule has 0 bridgehead atoms. The summed E-state index contributed by atoms with van der Waals surface area (Å²) < 4.78 is 35.4. The largest absolute Gasteiger partial charge is 0.490 e. The van der Waals surface area contributed by atoms with Crippen LogP contribution < -0.4 is 4.74 Å². The van der Waals surface area contributed by atoms with Gasteiger partial charge in [-0.25, -0.2) is 8.78 Å². The van der Waals surface area contributed by atoms with Gasteiger partial charge in [-0.1, -0.05) is 13.0 Å². The molecule has 0 aliphatic rings. The minimum absolute atomic E-state index is 0.237. The summed E-state index contributed by atoms with van der Waals surface area (Å²) in [5, 5.41) is 1.49. The van der Waals surface area contributed by atoms with Crippen molar-refractivity contribution in [2.45, 2.75) is 13.3 Å². The molecule has 0 aliphatic heterocycles. The van der Waals surface area contributed by atoms with Crippen LogP contribution >= 0.6 is 33.9 Å². The Balaban J connectivity index is 2.27. The first-order valence-electron chi connectivity index (χ1n) is 6.25. The van der Waals surface area contributed by atoms with Crippen molar-refractivity contribution in [3.63, 3.8) is 0 Å². The van der Waals surface area contributed by atoms with E-state index in [1.807, 2.05) is 35.6 Å². The fourth-order valence-electron chi connectivity index (χ4n) is 2.12. The van der Waals surface area contributed by atoms with Gasteiger partial charge in [-0.2, -0.15) is 0 Å². The molecule has 2 aromatic carbocycles. The average molecular weight is 404 g/mol. The van der Waals surface area contributed by atoms with Gasteiger partial charge in [0.05, 0.1) is 19.6 Å². The van der Waals surface area contributed by atoms with Crippen molar-refractivity contribution in [1.82, 2.24) is 0 Å². The van der Waals surface area contributed by atoms with Gasteiger partial charge in [-0.05, 0) is 47.2 Å². The highest BCUT2D eigenvalue weighted by molar-refractivity contribution is 14.1. The van der Waals surface area contributed by atoms with E-state index in [1.54, 1.807) is 18.2 Å². The van der Waals surface area contributed by atoms with Crippen LogP contribution in [0.15, 0.2) is 24.3 Å². The molecule has 0 saturated carbocycles. The van der Waals surface area contributed by atoms with Crippen LogP contribution in [-0.2, 0) is 0 Å². The van der Waals surface area contributed by atoms with Gasteiger partial charge in [-0.3, -0.25) is 0 Å². The van der Waals surface area contributed by atoms with Gasteiger partial charge in [0.15, 0.2) is 17.4 Å². The molecule has 0 fully saturated rings. The predicted octanol–water partition coefficient (Wildman–Crippen LogP) is 5.73. The van der Waals surface area contributed by atoms with Crippen molar-refractivity contribution in [2.75, 3.05) is 6.61 Å². The second-order valence-electron chi connectivity index (χ2n) is 4.44. The summed E-state index contributed by atoms with van der Waals surface area (Å²) in [7, 11) is 0. The van der Waals surface area contributed by atoms with Crippen LogP contribution in [-0.4, -0.2) is 6.61 Å². The number of hydrogen-bond acceptors (Lipinski definition) is 2. The summed E-state index contributed by atoms with van der Waals surface area (Å²) in [6.07, 6.45) is 0.816. The molecule has 0 radical (unpaired) electrons. The third-order valence-electron chi connectivity index (χ3n) is 3.07. The van der Waals surface area contributed by atoms with E-state index in [-0.39, 0.29) is 11.6 Å². The molecule has 20 heavy (non-hydrogen) atoms. The van der Waals surface area contributed by atoms with E-state index >= 15 is 0 Å². The zero-order valence-electron chi connectivity index (χ0n) is 10.7. The molecule has 0 saturated heterocycles. The Labute approximate surface area is 132 Å². The Morgan fingerprint density at radius 2 is 1.70 bits per heavy atom. The van der Waals surface area contributed by atoms with Gasteiger partial charge in [-0.15, -0.1) is 11.3 Å². The second kappa shape index (κ2) is 5.44. The molecule has 5 heteroatoms. The minimum Gasteiger partial charge on any atom is -0.490 e. The van der Waals surface area contributed by atoms with Gasteiger partial charge < -0.3 is 4.74 Å². The van der Waals surface area contributed by atoms with Gasteiger partial charge in [0.2, 0.25) is 0 Å². The minimum atomic E-state index is -0.397. The zero-order valence-corrected chi connectivity index (χ0v) is 13.6. The van der Waals surface area contributed by atoms with Crippen LogP contribution in [0.1, 0.15) is 13.3 Å². The highest BCUT2D eigenvalue weighted by Gasteiger charge is 2.16. The third-order valence-corrected chi connectivity index (χ3v) is 5.11. The predicted molar refractivity (Wildman–Crippen MR) is 87.8 cm³/mol. The molecule has 1 aromatic heterocycles. The average Bonchev–Trinajstić information content (AvgIpc) is 2.83. The molecular weight excluding hydrogens is 393 g/mol. The molecule has 3 aromatic rings. The molecule has 0 atom stereocenters. The number of benzene rings is 2. The molecule has 0 unspecified atom stereocenters. The first-order chi connectivity index (χ1) is 9.63. The van der Waals surface area contributed by atoms with Crippen molar-refractivity contribution in [1.29, 1.82) is 0 Å². The third kappa shape index (κ3) is 2.16. The molecular formula is C15H11F2IOS. The Kier molecular flexibility index (Phi) is 3.81. The molecule has 104 valence electrons. The highest BCUT2D eigenvalue weighted by Crippen LogP contribution is 2.40. The number of hydrogen-bond donors (Lipinski definition) is 0. The van der Waals surface area contributed by atoms with Crippen LogP contribution in [0.3, 0.4) is 0 Å². The number of fused-ring (bicyclic) bond motifs is 3. The number of halogens is 3. The van der Waals surface area contributed by atoms with Gasteiger partial charge in [0, 0.05) is 10.8 Å². The Hall–Kier alpha value is -0.950. The number of rotatable bonds is 3. The summed E-state index contributed by atoms with van der Waals surface area (Å²) in [6.45, 7) is 2.44. The normalized spacial score (nSPS) is 11.4. The summed E-state index contributed by atoms with van der Waals surface area (Å²) in [5.41, 5.74) is 0. The Morgan fingerprint density at radius 1 is 1.05 bits per heavy atom. The SMILES string of the molecule is CCCOc1ccc2c(sc3c(F)c(I)ccc32)c1F. The first kappa shape index (κ1) is 14.0. The molecule has 0 aliphatic carbocycles. The van der Waals surface area contributed by atoms with Crippen LogP contribution in [0.2, 0.25) is 0 Å². The van der Waals surface area contributed by atoms with Crippen molar-refractivity contribution in [3.05, 3.63) is 39.5 Å². The zero-order chi connectivity index (χ0) is 14.3. The molecule has 0 N–H and O–H groups in total. The lowest BCUT2D eigenvalue weighted by molar-refractivity contribution is 0.303. The first-order valence-corrected chi connectivity index (χ1v) is 8.14. The standard InChI is InChI=1S/C15H11F2IOS/c1-2-7-19-11-6-4-9-8-3-5-10(18)12(16)14(8)20-15(9)13(11)17/h3-6H,2,7H2,1H3. The van der Waals surface area contributed by atoms with Crippen molar-refractivity contribution in [2.24, 2.45) is 0 Å². The van der Waals surface area contributed by atoms with Crippen LogP contribution in [0, 0.1) is 15.2 Å². The number of ether oxygens (including phenoxy) is 1. The smallest absolute Gasteiger partial charge is 0.182 e. The van der Waals surface area contributed by atoms with E-state index in [9.17, 15) is 8.78 Å². The van der Waals surface area contributed by atoms with Gasteiger partial charge in [0.1, 0.15) is 0 Å². The Morgan fingerprint density at radius 3 is 2.40 bits per heavy atom. The fraction of sp³-hybridized carbons (Fsp3) is 0.200. The maximum absolute atomic E-state index is 14.4. The van der Waals surface area contributed by atoms with Crippen LogP contribution in [0.25, 0.3) is 20.2 Å². The summed E-state index contributed by atoms with van der Waals surface area (Å²) in [6, 6.07) is 6.97. The van der Waals surface area contributed by atoms with Gasteiger partial charge in [0.25, 0.3) is 0 Å². The van der Waals surface area contributed by atoms with E-state index in [0.717, 1.165) is 28.5 Å².